The topological polar surface area (TPSA) is 72.9 Å². The van der Waals surface area contributed by atoms with E-state index in [-0.39, 0.29) is 0 Å². The average molecular weight is 300 g/mol. The van der Waals surface area contributed by atoms with E-state index >= 15 is 0 Å². The molecule has 3 heterocycles. The van der Waals surface area contributed by atoms with Gasteiger partial charge >= 0.3 is 5.97 Å². The first-order valence-corrected chi connectivity index (χ1v) is 6.55. The number of aryl methyl sites for hydroxylation is 2. The maximum absolute atomic E-state index is 13.3. The van der Waals surface area contributed by atoms with Crippen molar-refractivity contribution in [1.29, 1.82) is 0 Å². The van der Waals surface area contributed by atoms with Gasteiger partial charge in [-0.1, -0.05) is 0 Å². The van der Waals surface area contributed by atoms with Crippen LogP contribution in [-0.4, -0.2) is 30.4 Å². The number of hydrogen-bond donors (Lipinski definition) is 1. The van der Waals surface area contributed by atoms with E-state index in [9.17, 15) is 9.18 Å². The first kappa shape index (κ1) is 14.0. The van der Waals surface area contributed by atoms with Gasteiger partial charge in [0.15, 0.2) is 0 Å². The summed E-state index contributed by atoms with van der Waals surface area (Å²) in [6.45, 7) is 1.80. The van der Waals surface area contributed by atoms with Crippen molar-refractivity contribution in [3.8, 4) is 5.82 Å². The Morgan fingerprint density at radius 3 is 2.95 bits per heavy atom. The molecule has 3 aromatic heterocycles. The molecule has 0 spiro atoms. The van der Waals surface area contributed by atoms with E-state index in [1.165, 1.54) is 12.1 Å². The lowest BCUT2D eigenvalue weighted by Gasteiger charge is -2.07. The van der Waals surface area contributed by atoms with Crippen molar-refractivity contribution in [2.45, 2.75) is 6.92 Å². The largest absolute Gasteiger partial charge is 0.478 e. The van der Waals surface area contributed by atoms with E-state index in [0.29, 0.717) is 28.1 Å². The molecule has 0 radical (unpaired) electrons. The molecule has 22 heavy (non-hydrogen) atoms. The summed E-state index contributed by atoms with van der Waals surface area (Å²) >= 11 is 0. The highest BCUT2D eigenvalue weighted by Crippen LogP contribution is 2.24. The van der Waals surface area contributed by atoms with E-state index in [4.69, 9.17) is 5.11 Å². The van der Waals surface area contributed by atoms with Crippen LogP contribution in [0.15, 0.2) is 30.6 Å². The van der Waals surface area contributed by atoms with Gasteiger partial charge in [-0.2, -0.15) is 5.10 Å². The molecule has 6 nitrogen and oxygen atoms in total. The first-order valence-electron chi connectivity index (χ1n) is 6.55. The molecule has 0 aromatic carbocycles. The molecule has 0 saturated heterocycles. The lowest BCUT2D eigenvalue weighted by molar-refractivity contribution is -0.131. The lowest BCUT2D eigenvalue weighted by atomic mass is 10.2. The minimum atomic E-state index is -1.04. The number of nitrogens with zero attached hydrogens (tertiary/aromatic N) is 4. The fraction of sp³-hybridized carbons (Fsp3) is 0.133. The average Bonchev–Trinajstić information content (AvgIpc) is 2.96. The van der Waals surface area contributed by atoms with Crippen LogP contribution in [0.1, 0.15) is 11.3 Å². The number of rotatable bonds is 3. The molecule has 1 N–H and O–H groups in total. The van der Waals surface area contributed by atoms with Crippen LogP contribution in [0.25, 0.3) is 22.9 Å². The van der Waals surface area contributed by atoms with E-state index in [1.54, 1.807) is 35.5 Å². The van der Waals surface area contributed by atoms with Crippen molar-refractivity contribution in [3.05, 3.63) is 47.7 Å². The van der Waals surface area contributed by atoms with Crippen molar-refractivity contribution >= 4 is 23.1 Å². The van der Waals surface area contributed by atoms with Gasteiger partial charge < -0.3 is 5.11 Å². The third-order valence-corrected chi connectivity index (χ3v) is 3.35. The molecule has 112 valence electrons. The Labute approximate surface area is 125 Å². The number of aliphatic carboxylic acids is 1. The molecule has 3 rings (SSSR count). The maximum atomic E-state index is 13.3. The monoisotopic (exact) mass is 300 g/mol. The molecule has 0 saturated carbocycles. The maximum Gasteiger partial charge on any atom is 0.328 e. The molecule has 0 amide bonds. The summed E-state index contributed by atoms with van der Waals surface area (Å²) < 4.78 is 16.7. The van der Waals surface area contributed by atoms with Gasteiger partial charge in [0.1, 0.15) is 17.3 Å². The SMILES string of the molecule is Cc1nn(C)c(-n2ccc3cc(F)cnc32)c1C=CC(=O)O. The molecule has 0 aliphatic rings. The molecule has 3 aromatic rings. The third-order valence-electron chi connectivity index (χ3n) is 3.35. The van der Waals surface area contributed by atoms with Gasteiger partial charge in [-0.3, -0.25) is 9.25 Å². The lowest BCUT2D eigenvalue weighted by Crippen LogP contribution is -2.04. The van der Waals surface area contributed by atoms with E-state index in [2.05, 4.69) is 10.1 Å². The van der Waals surface area contributed by atoms with Gasteiger partial charge in [0.25, 0.3) is 0 Å². The summed E-state index contributed by atoms with van der Waals surface area (Å²) in [5.41, 5.74) is 1.95. The first-order chi connectivity index (χ1) is 10.5. The number of fused-ring (bicyclic) bond motifs is 1. The number of carboxylic acid groups (broad SMARTS) is 1. The Balaban J connectivity index is 2.24. The van der Waals surface area contributed by atoms with Crippen LogP contribution in [0.3, 0.4) is 0 Å². The number of hydrogen-bond acceptors (Lipinski definition) is 3. The van der Waals surface area contributed by atoms with Crippen molar-refractivity contribution < 1.29 is 14.3 Å². The highest BCUT2D eigenvalue weighted by atomic mass is 19.1. The van der Waals surface area contributed by atoms with Crippen molar-refractivity contribution in [2.24, 2.45) is 7.05 Å². The van der Waals surface area contributed by atoms with Gasteiger partial charge in [0.05, 0.1) is 11.9 Å². The van der Waals surface area contributed by atoms with Crippen LogP contribution in [-0.2, 0) is 11.8 Å². The molecule has 0 atom stereocenters. The minimum Gasteiger partial charge on any atom is -0.478 e. The zero-order valence-electron chi connectivity index (χ0n) is 12.0. The summed E-state index contributed by atoms with van der Waals surface area (Å²) in [5.74, 6) is -0.770. The summed E-state index contributed by atoms with van der Waals surface area (Å²) in [7, 11) is 1.76. The Kier molecular flexibility index (Phi) is 3.25. The summed E-state index contributed by atoms with van der Waals surface area (Å²) in [4.78, 5) is 14.9. The molecule has 0 unspecified atom stereocenters. The molecule has 0 aliphatic carbocycles. The third kappa shape index (κ3) is 2.26. The number of aromatic nitrogens is 4. The molecule has 0 fully saturated rings. The van der Waals surface area contributed by atoms with E-state index in [0.717, 1.165) is 12.3 Å². The highest BCUT2D eigenvalue weighted by Gasteiger charge is 2.15. The summed E-state index contributed by atoms with van der Waals surface area (Å²) in [5, 5.41) is 13.8. The number of pyridine rings is 1. The van der Waals surface area contributed by atoms with Gasteiger partial charge in [-0.05, 0) is 25.1 Å². The van der Waals surface area contributed by atoms with Gasteiger partial charge in [-0.25, -0.2) is 14.2 Å². The van der Waals surface area contributed by atoms with Gasteiger partial charge in [0.2, 0.25) is 0 Å². The predicted molar refractivity (Wildman–Crippen MR) is 79.2 cm³/mol. The highest BCUT2D eigenvalue weighted by molar-refractivity contribution is 5.87. The second-order valence-electron chi connectivity index (χ2n) is 4.87. The normalized spacial score (nSPS) is 11.6. The minimum absolute atomic E-state index is 0.405. The van der Waals surface area contributed by atoms with Crippen molar-refractivity contribution in [1.82, 2.24) is 19.3 Å². The zero-order chi connectivity index (χ0) is 15.9. The van der Waals surface area contributed by atoms with Crippen LogP contribution in [0.5, 0.6) is 0 Å². The standard InChI is InChI=1S/C15H13FN4O2/c1-9-12(3-4-13(21)22)15(19(2)18-9)20-6-5-10-7-11(16)8-17-14(10)20/h3-8H,1-2H3,(H,21,22). The summed E-state index contributed by atoms with van der Waals surface area (Å²) in [6.07, 6.45) is 5.46. The smallest absolute Gasteiger partial charge is 0.328 e. The fourth-order valence-electron chi connectivity index (χ4n) is 2.47. The van der Waals surface area contributed by atoms with Crippen LogP contribution < -0.4 is 0 Å². The molecule has 7 heteroatoms. The van der Waals surface area contributed by atoms with Crippen LogP contribution in [0.2, 0.25) is 0 Å². The Hall–Kier alpha value is -2.96. The number of carbonyl (C=O) groups is 1. The van der Waals surface area contributed by atoms with Gasteiger partial charge in [-0.15, -0.1) is 0 Å². The molecule has 0 bridgehead atoms. The second kappa shape index (κ2) is 5.10. The molecular weight excluding hydrogens is 287 g/mol. The number of halogens is 1. The Bertz CT molecular complexity index is 908. The zero-order valence-corrected chi connectivity index (χ0v) is 12.0. The second-order valence-corrected chi connectivity index (χ2v) is 4.87. The van der Waals surface area contributed by atoms with Crippen molar-refractivity contribution in [2.75, 3.05) is 0 Å². The fourth-order valence-corrected chi connectivity index (χ4v) is 2.47. The van der Waals surface area contributed by atoms with E-state index in [1.807, 2.05) is 0 Å². The quantitative estimate of drug-likeness (QED) is 0.753. The Morgan fingerprint density at radius 1 is 1.45 bits per heavy atom. The van der Waals surface area contributed by atoms with E-state index < -0.39 is 11.8 Å². The van der Waals surface area contributed by atoms with Crippen molar-refractivity contribution in [3.63, 3.8) is 0 Å². The summed E-state index contributed by atoms with van der Waals surface area (Å²) in [6, 6.07) is 3.15. The number of carboxylic acids is 1. The van der Waals surface area contributed by atoms with Crippen LogP contribution in [0, 0.1) is 12.7 Å². The Morgan fingerprint density at radius 2 is 2.23 bits per heavy atom. The van der Waals surface area contributed by atoms with Crippen LogP contribution in [0.4, 0.5) is 4.39 Å². The molecule has 0 aliphatic heterocycles. The van der Waals surface area contributed by atoms with Gasteiger partial charge in [0, 0.05) is 30.3 Å². The predicted octanol–water partition coefficient (Wildman–Crippen LogP) is 2.30. The van der Waals surface area contributed by atoms with Crippen LogP contribution >= 0.6 is 0 Å². The molecular formula is C15H13FN4O2.